The summed E-state index contributed by atoms with van der Waals surface area (Å²) in [7, 11) is 1.57. The van der Waals surface area contributed by atoms with Gasteiger partial charge in [-0.05, 0) is 18.2 Å². The third-order valence-corrected chi connectivity index (χ3v) is 2.77. The first-order valence-corrected chi connectivity index (χ1v) is 6.04. The number of aryl methyl sites for hydroxylation is 1. The molecule has 6 nitrogen and oxygen atoms in total. The molecular formula is C14H14N2O4. The molecule has 0 bridgehead atoms. The summed E-state index contributed by atoms with van der Waals surface area (Å²) in [5.74, 6) is -0.280. The normalized spacial score (nSPS) is 10.2. The molecule has 0 aliphatic carbocycles. The van der Waals surface area contributed by atoms with Crippen molar-refractivity contribution in [3.63, 3.8) is 0 Å². The van der Waals surface area contributed by atoms with Crippen LogP contribution >= 0.6 is 0 Å². The highest BCUT2D eigenvalue weighted by Gasteiger charge is 2.06. The van der Waals surface area contributed by atoms with Crippen LogP contribution in [0.2, 0.25) is 0 Å². The molecule has 0 atom stereocenters. The van der Waals surface area contributed by atoms with Crippen LogP contribution in [0, 0.1) is 0 Å². The smallest absolute Gasteiger partial charge is 0.305 e. The summed E-state index contributed by atoms with van der Waals surface area (Å²) in [4.78, 5) is 22.2. The Labute approximate surface area is 115 Å². The van der Waals surface area contributed by atoms with Crippen LogP contribution in [0.15, 0.2) is 41.2 Å². The Balaban J connectivity index is 2.34. The molecule has 2 aromatic rings. The SMILES string of the molecule is COc1cccc(-c2ccc(=O)n(CCC(=O)O)n2)c1. The molecule has 0 unspecified atom stereocenters. The summed E-state index contributed by atoms with van der Waals surface area (Å²) in [5, 5.41) is 12.8. The molecule has 0 spiro atoms. The van der Waals surface area contributed by atoms with Gasteiger partial charge in [-0.1, -0.05) is 12.1 Å². The first-order chi connectivity index (χ1) is 9.60. The van der Waals surface area contributed by atoms with Gasteiger partial charge >= 0.3 is 5.97 Å². The van der Waals surface area contributed by atoms with Gasteiger partial charge in [0, 0.05) is 11.6 Å². The van der Waals surface area contributed by atoms with Gasteiger partial charge in [0.15, 0.2) is 0 Å². The summed E-state index contributed by atoms with van der Waals surface area (Å²) in [6, 6.07) is 10.3. The van der Waals surface area contributed by atoms with Crippen molar-refractivity contribution in [2.45, 2.75) is 13.0 Å². The predicted octanol–water partition coefficient (Wildman–Crippen LogP) is 1.39. The van der Waals surface area contributed by atoms with E-state index in [9.17, 15) is 9.59 Å². The first-order valence-electron chi connectivity index (χ1n) is 6.04. The van der Waals surface area contributed by atoms with Gasteiger partial charge in [-0.15, -0.1) is 0 Å². The molecule has 1 aromatic heterocycles. The van der Waals surface area contributed by atoms with E-state index in [1.165, 1.54) is 6.07 Å². The molecule has 6 heteroatoms. The third-order valence-electron chi connectivity index (χ3n) is 2.77. The Kier molecular flexibility index (Phi) is 4.14. The Morgan fingerprint density at radius 1 is 1.35 bits per heavy atom. The number of rotatable bonds is 5. The number of carboxylic acids is 1. The fourth-order valence-corrected chi connectivity index (χ4v) is 1.75. The minimum absolute atomic E-state index is 0.0476. The van der Waals surface area contributed by atoms with E-state index >= 15 is 0 Å². The molecule has 1 N–H and O–H groups in total. The van der Waals surface area contributed by atoms with Crippen molar-refractivity contribution in [1.29, 1.82) is 0 Å². The fraction of sp³-hybridized carbons (Fsp3) is 0.214. The van der Waals surface area contributed by atoms with Gasteiger partial charge in [0.05, 0.1) is 25.8 Å². The standard InChI is InChI=1S/C14H14N2O4/c1-20-11-4-2-3-10(9-11)12-5-6-13(17)16(15-12)8-7-14(18)19/h2-6,9H,7-8H2,1H3,(H,18,19). The van der Waals surface area contributed by atoms with E-state index in [1.54, 1.807) is 19.2 Å². The Morgan fingerprint density at radius 3 is 2.85 bits per heavy atom. The Bertz CT molecular complexity index is 679. The van der Waals surface area contributed by atoms with E-state index in [0.29, 0.717) is 11.4 Å². The van der Waals surface area contributed by atoms with Crippen molar-refractivity contribution in [3.8, 4) is 17.0 Å². The van der Waals surface area contributed by atoms with Crippen LogP contribution in [-0.4, -0.2) is 28.0 Å². The lowest BCUT2D eigenvalue weighted by Gasteiger charge is -2.07. The van der Waals surface area contributed by atoms with Crippen LogP contribution in [0.4, 0.5) is 0 Å². The number of hydrogen-bond donors (Lipinski definition) is 1. The molecule has 0 aliphatic heterocycles. The highest BCUT2D eigenvalue weighted by molar-refractivity contribution is 5.66. The van der Waals surface area contributed by atoms with Crippen molar-refractivity contribution in [1.82, 2.24) is 9.78 Å². The van der Waals surface area contributed by atoms with Gasteiger partial charge in [-0.2, -0.15) is 5.10 Å². The second kappa shape index (κ2) is 6.01. The maximum absolute atomic E-state index is 11.6. The molecule has 1 aromatic carbocycles. The van der Waals surface area contributed by atoms with Gasteiger partial charge in [0.2, 0.25) is 0 Å². The molecule has 0 saturated heterocycles. The molecule has 0 amide bonds. The van der Waals surface area contributed by atoms with Crippen molar-refractivity contribution >= 4 is 5.97 Å². The average Bonchev–Trinajstić information content (AvgIpc) is 2.46. The van der Waals surface area contributed by atoms with E-state index in [0.717, 1.165) is 10.2 Å². The van der Waals surface area contributed by atoms with Crippen LogP contribution in [-0.2, 0) is 11.3 Å². The largest absolute Gasteiger partial charge is 0.497 e. The number of aliphatic carboxylic acids is 1. The lowest BCUT2D eigenvalue weighted by atomic mass is 10.1. The van der Waals surface area contributed by atoms with Gasteiger partial charge in [0.25, 0.3) is 5.56 Å². The number of carbonyl (C=O) groups is 1. The average molecular weight is 274 g/mol. The number of ether oxygens (including phenoxy) is 1. The Hall–Kier alpha value is -2.63. The minimum Gasteiger partial charge on any atom is -0.497 e. The van der Waals surface area contributed by atoms with E-state index in [1.807, 2.05) is 18.2 Å². The topological polar surface area (TPSA) is 81.4 Å². The maximum atomic E-state index is 11.6. The van der Waals surface area contributed by atoms with Crippen LogP contribution < -0.4 is 10.3 Å². The number of hydrogen-bond acceptors (Lipinski definition) is 4. The van der Waals surface area contributed by atoms with Gasteiger partial charge in [0.1, 0.15) is 5.75 Å². The maximum Gasteiger partial charge on any atom is 0.305 e. The van der Waals surface area contributed by atoms with Crippen LogP contribution in [0.1, 0.15) is 6.42 Å². The van der Waals surface area contributed by atoms with Crippen molar-refractivity contribution < 1.29 is 14.6 Å². The number of methoxy groups -OCH3 is 1. The number of carboxylic acid groups (broad SMARTS) is 1. The van der Waals surface area contributed by atoms with Gasteiger partial charge < -0.3 is 9.84 Å². The summed E-state index contributed by atoms with van der Waals surface area (Å²) < 4.78 is 6.29. The summed E-state index contributed by atoms with van der Waals surface area (Å²) >= 11 is 0. The monoisotopic (exact) mass is 274 g/mol. The predicted molar refractivity (Wildman–Crippen MR) is 72.7 cm³/mol. The Morgan fingerprint density at radius 2 is 2.15 bits per heavy atom. The lowest BCUT2D eigenvalue weighted by molar-refractivity contribution is -0.137. The second-order valence-corrected chi connectivity index (χ2v) is 4.16. The zero-order chi connectivity index (χ0) is 14.5. The molecule has 0 radical (unpaired) electrons. The van der Waals surface area contributed by atoms with Crippen molar-refractivity contribution in [2.24, 2.45) is 0 Å². The lowest BCUT2D eigenvalue weighted by Crippen LogP contribution is -2.23. The van der Waals surface area contributed by atoms with Crippen molar-refractivity contribution in [2.75, 3.05) is 7.11 Å². The molecule has 0 aliphatic rings. The zero-order valence-electron chi connectivity index (χ0n) is 10.9. The summed E-state index contributed by atoms with van der Waals surface area (Å²) in [6.45, 7) is 0.0476. The van der Waals surface area contributed by atoms with E-state index in [-0.39, 0.29) is 18.5 Å². The number of benzene rings is 1. The first kappa shape index (κ1) is 13.8. The van der Waals surface area contributed by atoms with Gasteiger partial charge in [-0.3, -0.25) is 9.59 Å². The summed E-state index contributed by atoms with van der Waals surface area (Å²) in [6.07, 6.45) is -0.144. The molecule has 1 heterocycles. The second-order valence-electron chi connectivity index (χ2n) is 4.16. The summed E-state index contributed by atoms with van der Waals surface area (Å²) in [5.41, 5.74) is 1.07. The molecule has 20 heavy (non-hydrogen) atoms. The van der Waals surface area contributed by atoms with Crippen LogP contribution in [0.25, 0.3) is 11.3 Å². The van der Waals surface area contributed by atoms with Crippen LogP contribution in [0.3, 0.4) is 0 Å². The molecule has 0 saturated carbocycles. The highest BCUT2D eigenvalue weighted by atomic mass is 16.5. The zero-order valence-corrected chi connectivity index (χ0v) is 10.9. The molecule has 2 rings (SSSR count). The van der Waals surface area contributed by atoms with E-state index in [2.05, 4.69) is 5.10 Å². The molecule has 0 fully saturated rings. The molecular weight excluding hydrogens is 260 g/mol. The number of aromatic nitrogens is 2. The van der Waals surface area contributed by atoms with Crippen LogP contribution in [0.5, 0.6) is 5.75 Å². The van der Waals surface area contributed by atoms with E-state index < -0.39 is 5.97 Å². The fourth-order valence-electron chi connectivity index (χ4n) is 1.75. The van der Waals surface area contributed by atoms with E-state index in [4.69, 9.17) is 9.84 Å². The molecule has 104 valence electrons. The van der Waals surface area contributed by atoms with Gasteiger partial charge in [-0.25, -0.2) is 4.68 Å². The number of nitrogens with zero attached hydrogens (tertiary/aromatic N) is 2. The third kappa shape index (κ3) is 3.23. The van der Waals surface area contributed by atoms with Crippen molar-refractivity contribution in [3.05, 3.63) is 46.8 Å². The quantitative estimate of drug-likeness (QED) is 0.891. The highest BCUT2D eigenvalue weighted by Crippen LogP contribution is 2.21. The minimum atomic E-state index is -0.967.